The van der Waals surface area contributed by atoms with E-state index < -0.39 is 53.8 Å². The van der Waals surface area contributed by atoms with Crippen molar-refractivity contribution in [3.63, 3.8) is 0 Å². The zero-order valence-electron chi connectivity index (χ0n) is 23.1. The summed E-state index contributed by atoms with van der Waals surface area (Å²) >= 11 is 0. The van der Waals surface area contributed by atoms with E-state index in [1.54, 1.807) is 0 Å². The number of nitrogens with one attached hydrogen (secondary N) is 2. The number of carbonyl (C=O) groups excluding carboxylic acids is 1. The Morgan fingerprint density at radius 1 is 1.18 bits per heavy atom. The number of hydrogen-bond acceptors (Lipinski definition) is 6. The summed E-state index contributed by atoms with van der Waals surface area (Å²) in [6, 6.07) is 6.16. The average Bonchev–Trinajstić information content (AvgIpc) is 2.94. The molecule has 220 valence electrons. The number of hydrogen-bond donors (Lipinski definition) is 3. The molecule has 0 saturated carbocycles. The summed E-state index contributed by atoms with van der Waals surface area (Å²) in [4.78, 5) is 31.3. The molecule has 3 N–H and O–H groups in total. The van der Waals surface area contributed by atoms with E-state index >= 15 is 0 Å². The first-order valence-electron chi connectivity index (χ1n) is 13.7. The van der Waals surface area contributed by atoms with Gasteiger partial charge in [-0.25, -0.2) is 22.9 Å². The Labute approximate surface area is 233 Å². The topological polar surface area (TPSA) is 104 Å². The fourth-order valence-corrected chi connectivity index (χ4v) is 4.84. The third kappa shape index (κ3) is 8.92. The van der Waals surface area contributed by atoms with Crippen LogP contribution in [0.25, 0.3) is 0 Å². The first kappa shape index (κ1) is 31.3. The van der Waals surface area contributed by atoms with Crippen LogP contribution in [-0.4, -0.2) is 79.0 Å². The highest BCUT2D eigenvalue weighted by atomic mass is 19.1. The molecule has 0 spiro atoms. The number of pyridine rings is 1. The highest BCUT2D eigenvalue weighted by Crippen LogP contribution is 2.23. The van der Waals surface area contributed by atoms with E-state index in [9.17, 15) is 27.9 Å². The zero-order valence-corrected chi connectivity index (χ0v) is 23.1. The van der Waals surface area contributed by atoms with Crippen LogP contribution in [0.1, 0.15) is 55.3 Å². The van der Waals surface area contributed by atoms with Crippen molar-refractivity contribution in [1.29, 1.82) is 0 Å². The van der Waals surface area contributed by atoms with Crippen LogP contribution >= 0.6 is 0 Å². The van der Waals surface area contributed by atoms with Crippen molar-refractivity contribution in [2.24, 2.45) is 0 Å². The van der Waals surface area contributed by atoms with Gasteiger partial charge in [0.05, 0.1) is 12.0 Å². The monoisotopic (exact) mass is 564 g/mol. The number of carboxylic acids is 1. The molecule has 11 heteroatoms. The molecule has 40 heavy (non-hydrogen) atoms. The molecule has 3 rings (SSSR count). The summed E-state index contributed by atoms with van der Waals surface area (Å²) in [7, 11) is 1.42. The van der Waals surface area contributed by atoms with Gasteiger partial charge in [0.15, 0.2) is 0 Å². The molecular weight excluding hydrogens is 525 g/mol. The van der Waals surface area contributed by atoms with Gasteiger partial charge in [0.1, 0.15) is 30.2 Å². The molecular formula is C29H39F3N4O4. The third-order valence-electron chi connectivity index (χ3n) is 7.25. The van der Waals surface area contributed by atoms with Gasteiger partial charge in [-0.3, -0.25) is 4.79 Å². The predicted octanol–water partition coefficient (Wildman–Crippen LogP) is 4.09. The van der Waals surface area contributed by atoms with Crippen molar-refractivity contribution in [2.45, 2.75) is 63.5 Å². The maximum Gasteiger partial charge on any atom is 0.326 e. The van der Waals surface area contributed by atoms with Gasteiger partial charge in [-0.2, -0.15) is 0 Å². The Bertz CT molecular complexity index is 1110. The summed E-state index contributed by atoms with van der Waals surface area (Å²) in [5, 5.41) is 15.5. The minimum atomic E-state index is -1.29. The largest absolute Gasteiger partial charge is 0.480 e. The number of unbranched alkanes of at least 4 members (excludes halogenated alkanes) is 1. The lowest BCUT2D eigenvalue weighted by atomic mass is 9.98. The summed E-state index contributed by atoms with van der Waals surface area (Å²) in [5.41, 5.74) is 1.81. The van der Waals surface area contributed by atoms with E-state index in [1.165, 1.54) is 25.7 Å². The summed E-state index contributed by atoms with van der Waals surface area (Å²) in [6.07, 6.45) is 3.85. The van der Waals surface area contributed by atoms with Crippen LogP contribution < -0.4 is 10.6 Å². The van der Waals surface area contributed by atoms with Crippen molar-refractivity contribution in [3.05, 3.63) is 58.8 Å². The van der Waals surface area contributed by atoms with Gasteiger partial charge in [-0.05, 0) is 75.8 Å². The number of aryl methyl sites for hydroxylation is 2. The summed E-state index contributed by atoms with van der Waals surface area (Å²) in [6.45, 7) is 2.63. The number of nitrogens with zero attached hydrogens (tertiary/aromatic N) is 2. The number of rotatable bonds is 16. The summed E-state index contributed by atoms with van der Waals surface area (Å²) in [5.74, 6) is -4.09. The van der Waals surface area contributed by atoms with Crippen molar-refractivity contribution < 1.29 is 32.6 Å². The van der Waals surface area contributed by atoms with Gasteiger partial charge in [-0.1, -0.05) is 12.1 Å². The van der Waals surface area contributed by atoms with E-state index in [-0.39, 0.29) is 19.5 Å². The van der Waals surface area contributed by atoms with Crippen LogP contribution in [0.4, 0.5) is 19.0 Å². The zero-order chi connectivity index (χ0) is 29.1. The van der Waals surface area contributed by atoms with Crippen molar-refractivity contribution in [1.82, 2.24) is 15.2 Å². The number of halogens is 3. The molecule has 1 aliphatic rings. The number of amides is 1. The van der Waals surface area contributed by atoms with Crippen LogP contribution in [0.2, 0.25) is 0 Å². The molecule has 3 unspecified atom stereocenters. The second-order valence-electron chi connectivity index (χ2n) is 10.2. The highest BCUT2D eigenvalue weighted by Gasteiger charge is 2.28. The number of aromatic nitrogens is 1. The third-order valence-corrected chi connectivity index (χ3v) is 7.25. The molecule has 1 aromatic carbocycles. The second-order valence-corrected chi connectivity index (χ2v) is 10.2. The molecule has 8 nitrogen and oxygen atoms in total. The molecule has 0 fully saturated rings. The molecule has 0 saturated heterocycles. The predicted molar refractivity (Wildman–Crippen MR) is 146 cm³/mol. The summed E-state index contributed by atoms with van der Waals surface area (Å²) < 4.78 is 46.9. The SMILES string of the molecule is COC(CF)CN(CCCCc1ccc2c(n1)NCCC2)CCC(NC(=O)C(C)c1c(F)cccc1F)C(=O)O. The van der Waals surface area contributed by atoms with Crippen LogP contribution in [0.3, 0.4) is 0 Å². The fraction of sp³-hybridized carbons (Fsp3) is 0.552. The lowest BCUT2D eigenvalue weighted by Gasteiger charge is -2.27. The molecule has 1 amide bonds. The smallest absolute Gasteiger partial charge is 0.326 e. The molecule has 2 heterocycles. The average molecular weight is 565 g/mol. The lowest BCUT2D eigenvalue weighted by Crippen LogP contribution is -2.45. The van der Waals surface area contributed by atoms with Gasteiger partial charge in [0.2, 0.25) is 5.91 Å². The Hall–Kier alpha value is -3.18. The second kappa shape index (κ2) is 15.6. The highest BCUT2D eigenvalue weighted by molar-refractivity contribution is 5.87. The Balaban J connectivity index is 1.56. The minimum Gasteiger partial charge on any atom is -0.480 e. The van der Waals surface area contributed by atoms with Crippen molar-refractivity contribution >= 4 is 17.7 Å². The van der Waals surface area contributed by atoms with Gasteiger partial charge in [0, 0.05) is 38.0 Å². The number of anilines is 1. The maximum absolute atomic E-state index is 14.1. The molecule has 1 aliphatic heterocycles. The number of carboxylic acid groups (broad SMARTS) is 1. The van der Waals surface area contributed by atoms with E-state index in [0.29, 0.717) is 6.54 Å². The Morgan fingerprint density at radius 3 is 2.60 bits per heavy atom. The quantitative estimate of drug-likeness (QED) is 0.264. The van der Waals surface area contributed by atoms with E-state index in [2.05, 4.69) is 16.7 Å². The van der Waals surface area contributed by atoms with E-state index in [4.69, 9.17) is 9.72 Å². The normalized spacial score (nSPS) is 15.2. The van der Waals surface area contributed by atoms with Crippen LogP contribution in [0.5, 0.6) is 0 Å². The number of fused-ring (bicyclic) bond motifs is 1. The maximum atomic E-state index is 14.1. The first-order chi connectivity index (χ1) is 19.2. The van der Waals surface area contributed by atoms with Gasteiger partial charge >= 0.3 is 5.97 Å². The van der Waals surface area contributed by atoms with Crippen LogP contribution in [0.15, 0.2) is 30.3 Å². The lowest BCUT2D eigenvalue weighted by molar-refractivity contribution is -0.142. The van der Waals surface area contributed by atoms with Gasteiger partial charge in [0.25, 0.3) is 0 Å². The molecule has 3 atom stereocenters. The Morgan fingerprint density at radius 2 is 1.93 bits per heavy atom. The van der Waals surface area contributed by atoms with E-state index in [0.717, 1.165) is 62.3 Å². The van der Waals surface area contributed by atoms with Crippen LogP contribution in [-0.2, 0) is 27.2 Å². The minimum absolute atomic E-state index is 0.0221. The van der Waals surface area contributed by atoms with Gasteiger partial charge in [-0.15, -0.1) is 0 Å². The molecule has 1 aromatic heterocycles. The number of carbonyl (C=O) groups is 2. The van der Waals surface area contributed by atoms with E-state index in [1.807, 2.05) is 11.0 Å². The van der Waals surface area contributed by atoms with Crippen molar-refractivity contribution in [2.75, 3.05) is 45.3 Å². The fourth-order valence-electron chi connectivity index (χ4n) is 4.84. The van der Waals surface area contributed by atoms with Gasteiger partial charge < -0.3 is 25.4 Å². The Kier molecular flexibility index (Phi) is 12.2. The first-order valence-corrected chi connectivity index (χ1v) is 13.7. The van der Waals surface area contributed by atoms with Crippen molar-refractivity contribution in [3.8, 4) is 0 Å². The number of benzene rings is 1. The standard InChI is InChI=1S/C29H39F3N4O4/c1-19(26-23(31)9-5-10-24(26)32)28(37)35-25(29(38)39)13-16-36(18-22(17-30)40-2)15-4-3-8-21-12-11-20-7-6-14-33-27(20)34-21/h5,9-12,19,22,25H,3-4,6-8,13-18H2,1-2H3,(H,33,34)(H,35,37)(H,38,39). The molecule has 0 bridgehead atoms. The number of ether oxygens (including phenoxy) is 1. The number of methoxy groups -OCH3 is 1. The number of aliphatic carboxylic acids is 1. The molecule has 0 aliphatic carbocycles. The van der Waals surface area contributed by atoms with Crippen LogP contribution in [0, 0.1) is 11.6 Å². The number of alkyl halides is 1. The molecule has 2 aromatic rings. The molecule has 0 radical (unpaired) electrons.